The van der Waals surface area contributed by atoms with Gasteiger partial charge in [0.15, 0.2) is 5.75 Å². The highest BCUT2D eigenvalue weighted by Gasteiger charge is 2.26. The summed E-state index contributed by atoms with van der Waals surface area (Å²) in [4.78, 5) is 36.9. The predicted octanol–water partition coefficient (Wildman–Crippen LogP) is 2.23. The smallest absolute Gasteiger partial charge is 0.311 e. The lowest BCUT2D eigenvalue weighted by atomic mass is 10.0. The molecule has 1 aliphatic rings. The Bertz CT molecular complexity index is 841. The van der Waals surface area contributed by atoms with Gasteiger partial charge in [-0.2, -0.15) is 0 Å². The molecular formula is C18H19N3O6. The number of nitro benzene ring substituents is 1. The third-order valence-corrected chi connectivity index (χ3v) is 4.52. The number of carbonyl (C=O) groups excluding carboxylic acids is 2. The monoisotopic (exact) mass is 373 g/mol. The van der Waals surface area contributed by atoms with Crippen LogP contribution in [0.4, 0.5) is 5.69 Å². The number of hydrogen-bond donors (Lipinski definition) is 1. The lowest BCUT2D eigenvalue weighted by Gasteiger charge is -2.32. The Morgan fingerprint density at radius 2 is 2.00 bits per heavy atom. The summed E-state index contributed by atoms with van der Waals surface area (Å²) >= 11 is 0. The first kappa shape index (κ1) is 18.4. The van der Waals surface area contributed by atoms with Crippen molar-refractivity contribution in [3.05, 3.63) is 58.0 Å². The first-order valence-electron chi connectivity index (χ1n) is 8.44. The number of likely N-dealkylation sites (tertiary alicyclic amines) is 1. The first-order chi connectivity index (χ1) is 13.0. The number of carbonyl (C=O) groups is 2. The van der Waals surface area contributed by atoms with Gasteiger partial charge in [-0.1, -0.05) is 0 Å². The van der Waals surface area contributed by atoms with Crippen molar-refractivity contribution in [2.24, 2.45) is 0 Å². The fraction of sp³-hybridized carbons (Fsp3) is 0.333. The van der Waals surface area contributed by atoms with E-state index in [-0.39, 0.29) is 34.9 Å². The van der Waals surface area contributed by atoms with Crippen LogP contribution in [0.1, 0.15) is 33.6 Å². The van der Waals surface area contributed by atoms with Gasteiger partial charge in [-0.15, -0.1) is 0 Å². The van der Waals surface area contributed by atoms with Crippen molar-refractivity contribution in [1.82, 2.24) is 10.2 Å². The molecule has 2 aromatic rings. The molecule has 2 amide bonds. The Labute approximate surface area is 155 Å². The summed E-state index contributed by atoms with van der Waals surface area (Å²) in [6, 6.07) is 5.60. The van der Waals surface area contributed by atoms with E-state index < -0.39 is 4.92 Å². The number of nitro groups is 1. The topological polar surface area (TPSA) is 115 Å². The van der Waals surface area contributed by atoms with Gasteiger partial charge in [-0.3, -0.25) is 19.7 Å². The van der Waals surface area contributed by atoms with Crippen LogP contribution in [0.2, 0.25) is 0 Å². The number of ether oxygens (including phenoxy) is 1. The van der Waals surface area contributed by atoms with Crippen LogP contribution in [0, 0.1) is 10.1 Å². The highest BCUT2D eigenvalue weighted by Crippen LogP contribution is 2.27. The Hall–Kier alpha value is -3.36. The number of rotatable bonds is 5. The minimum absolute atomic E-state index is 0.0979. The Morgan fingerprint density at radius 3 is 2.59 bits per heavy atom. The number of amides is 2. The summed E-state index contributed by atoms with van der Waals surface area (Å²) in [5.74, 6) is -0.387. The second kappa shape index (κ2) is 7.90. The van der Waals surface area contributed by atoms with Crippen LogP contribution in [0.5, 0.6) is 5.75 Å². The van der Waals surface area contributed by atoms with Crippen molar-refractivity contribution in [2.75, 3.05) is 20.2 Å². The molecule has 9 nitrogen and oxygen atoms in total. The Kier molecular flexibility index (Phi) is 5.39. The molecule has 0 unspecified atom stereocenters. The maximum atomic E-state index is 12.4. The van der Waals surface area contributed by atoms with E-state index in [1.807, 2.05) is 0 Å². The SMILES string of the molecule is COc1ccc(C(=O)NC2CCN(C(=O)c3ccoc3)CC2)cc1[N+](=O)[O-]. The fourth-order valence-corrected chi connectivity index (χ4v) is 3.04. The number of furan rings is 1. The number of nitrogens with one attached hydrogen (secondary N) is 1. The van der Waals surface area contributed by atoms with Gasteiger partial charge in [0.05, 0.1) is 23.9 Å². The van der Waals surface area contributed by atoms with E-state index in [0.717, 1.165) is 0 Å². The molecule has 1 N–H and O–H groups in total. The highest BCUT2D eigenvalue weighted by atomic mass is 16.6. The second-order valence-electron chi connectivity index (χ2n) is 6.20. The second-order valence-corrected chi connectivity index (χ2v) is 6.20. The van der Waals surface area contributed by atoms with Crippen LogP contribution in [-0.2, 0) is 0 Å². The van der Waals surface area contributed by atoms with Gasteiger partial charge in [0.25, 0.3) is 11.8 Å². The quantitative estimate of drug-likeness (QED) is 0.635. The normalized spacial score (nSPS) is 14.6. The van der Waals surface area contributed by atoms with E-state index in [9.17, 15) is 19.7 Å². The molecule has 0 atom stereocenters. The molecule has 1 aromatic heterocycles. The van der Waals surface area contributed by atoms with Crippen molar-refractivity contribution in [1.29, 1.82) is 0 Å². The average molecular weight is 373 g/mol. The van der Waals surface area contributed by atoms with E-state index in [1.54, 1.807) is 11.0 Å². The zero-order valence-corrected chi connectivity index (χ0v) is 14.7. The van der Waals surface area contributed by atoms with Crippen LogP contribution in [0.25, 0.3) is 0 Å². The molecule has 0 spiro atoms. The summed E-state index contributed by atoms with van der Waals surface area (Å²) in [6.07, 6.45) is 4.07. The fourth-order valence-electron chi connectivity index (χ4n) is 3.04. The van der Waals surface area contributed by atoms with E-state index in [0.29, 0.717) is 31.5 Å². The standard InChI is InChI=1S/C18H19N3O6/c1-26-16-3-2-12(10-15(16)21(24)25)17(22)19-14-4-7-20(8-5-14)18(23)13-6-9-27-11-13/h2-3,6,9-11,14H,4-5,7-8H2,1H3,(H,19,22). The maximum absolute atomic E-state index is 12.4. The minimum Gasteiger partial charge on any atom is -0.490 e. The molecule has 0 bridgehead atoms. The summed E-state index contributed by atoms with van der Waals surface area (Å²) < 4.78 is 9.87. The third-order valence-electron chi connectivity index (χ3n) is 4.52. The molecule has 2 heterocycles. The molecule has 3 rings (SSSR count). The largest absolute Gasteiger partial charge is 0.490 e. The summed E-state index contributed by atoms with van der Waals surface area (Å²) in [5, 5.41) is 14.0. The van der Waals surface area contributed by atoms with Gasteiger partial charge in [-0.05, 0) is 31.0 Å². The van der Waals surface area contributed by atoms with Gasteiger partial charge in [-0.25, -0.2) is 0 Å². The van der Waals surface area contributed by atoms with Gasteiger partial charge < -0.3 is 19.4 Å². The van der Waals surface area contributed by atoms with Crippen LogP contribution in [0.15, 0.2) is 41.2 Å². The molecule has 1 fully saturated rings. The first-order valence-corrected chi connectivity index (χ1v) is 8.44. The van der Waals surface area contributed by atoms with E-state index in [2.05, 4.69) is 5.32 Å². The van der Waals surface area contributed by atoms with Crippen molar-refractivity contribution in [3.8, 4) is 5.75 Å². The summed E-state index contributed by atoms with van der Waals surface area (Å²) in [5.41, 5.74) is 0.438. The summed E-state index contributed by atoms with van der Waals surface area (Å²) in [7, 11) is 1.33. The predicted molar refractivity (Wildman–Crippen MR) is 94.7 cm³/mol. The minimum atomic E-state index is -0.588. The van der Waals surface area contributed by atoms with Crippen molar-refractivity contribution in [2.45, 2.75) is 18.9 Å². The number of piperidine rings is 1. The molecule has 0 aliphatic carbocycles. The van der Waals surface area contributed by atoms with E-state index in [4.69, 9.17) is 9.15 Å². The molecule has 1 saturated heterocycles. The number of benzene rings is 1. The zero-order valence-electron chi connectivity index (χ0n) is 14.7. The average Bonchev–Trinajstić information content (AvgIpc) is 3.22. The molecule has 27 heavy (non-hydrogen) atoms. The number of hydrogen-bond acceptors (Lipinski definition) is 6. The van der Waals surface area contributed by atoms with Crippen LogP contribution < -0.4 is 10.1 Å². The maximum Gasteiger partial charge on any atom is 0.311 e. The van der Waals surface area contributed by atoms with Gasteiger partial charge in [0.2, 0.25) is 0 Å². The van der Waals surface area contributed by atoms with Gasteiger partial charge >= 0.3 is 5.69 Å². The van der Waals surface area contributed by atoms with Crippen LogP contribution in [0.3, 0.4) is 0 Å². The van der Waals surface area contributed by atoms with E-state index >= 15 is 0 Å². The van der Waals surface area contributed by atoms with Crippen LogP contribution in [-0.4, -0.2) is 47.9 Å². The molecule has 142 valence electrons. The highest BCUT2D eigenvalue weighted by molar-refractivity contribution is 5.95. The van der Waals surface area contributed by atoms with Gasteiger partial charge in [0, 0.05) is 30.8 Å². The Balaban J connectivity index is 1.59. The summed E-state index contributed by atoms with van der Waals surface area (Å²) in [6.45, 7) is 1.02. The van der Waals surface area contributed by atoms with Crippen molar-refractivity contribution < 1.29 is 23.7 Å². The lowest BCUT2D eigenvalue weighted by molar-refractivity contribution is -0.385. The molecule has 0 saturated carbocycles. The molecule has 1 aliphatic heterocycles. The lowest BCUT2D eigenvalue weighted by Crippen LogP contribution is -2.46. The van der Waals surface area contributed by atoms with Gasteiger partial charge in [0.1, 0.15) is 6.26 Å². The molecule has 1 aromatic carbocycles. The van der Waals surface area contributed by atoms with Crippen molar-refractivity contribution >= 4 is 17.5 Å². The van der Waals surface area contributed by atoms with E-state index in [1.165, 1.54) is 37.8 Å². The number of methoxy groups -OCH3 is 1. The Morgan fingerprint density at radius 1 is 1.26 bits per heavy atom. The zero-order chi connectivity index (χ0) is 19.4. The molecular weight excluding hydrogens is 354 g/mol. The van der Waals surface area contributed by atoms with Crippen molar-refractivity contribution in [3.63, 3.8) is 0 Å². The molecule has 0 radical (unpaired) electrons. The van der Waals surface area contributed by atoms with Crippen LogP contribution >= 0.6 is 0 Å². The third kappa shape index (κ3) is 4.08. The number of nitrogens with zero attached hydrogens (tertiary/aromatic N) is 2. The molecule has 9 heteroatoms.